The molecule has 0 unspecified atom stereocenters. The standard InChI is InChI=1S/C13H12Cl2N4OS/c14-9-3-16-4-10(15)7(9)5-19-2-1-11-8(6-19)12(20)18-13(21)17-11/h3-4H,1-2,5-6H2,(H2,17,18,20,21). The average Bonchev–Trinajstić information content (AvgIpc) is 2.43. The Balaban J connectivity index is 1.87. The zero-order valence-corrected chi connectivity index (χ0v) is 13.3. The maximum absolute atomic E-state index is 12.0. The normalized spacial score (nSPS) is 15.0. The Morgan fingerprint density at radius 3 is 2.71 bits per heavy atom. The van der Waals surface area contributed by atoms with Crippen LogP contribution in [0, 0.1) is 4.77 Å². The molecule has 1 aliphatic heterocycles. The summed E-state index contributed by atoms with van der Waals surface area (Å²) >= 11 is 17.3. The van der Waals surface area contributed by atoms with Gasteiger partial charge in [-0.2, -0.15) is 0 Å². The zero-order valence-electron chi connectivity index (χ0n) is 10.9. The van der Waals surface area contributed by atoms with Gasteiger partial charge < -0.3 is 4.98 Å². The topological polar surface area (TPSA) is 64.8 Å². The summed E-state index contributed by atoms with van der Waals surface area (Å²) in [5.41, 5.74) is 2.32. The molecule has 8 heteroatoms. The predicted octanol–water partition coefficient (Wildman–Crippen LogP) is 2.69. The molecule has 110 valence electrons. The van der Waals surface area contributed by atoms with Crippen molar-refractivity contribution in [1.29, 1.82) is 0 Å². The summed E-state index contributed by atoms with van der Waals surface area (Å²) < 4.78 is 0.368. The van der Waals surface area contributed by atoms with E-state index in [2.05, 4.69) is 19.9 Å². The molecule has 0 saturated heterocycles. The van der Waals surface area contributed by atoms with Crippen molar-refractivity contribution in [3.8, 4) is 0 Å². The van der Waals surface area contributed by atoms with Gasteiger partial charge in [-0.25, -0.2) is 0 Å². The van der Waals surface area contributed by atoms with Gasteiger partial charge in [-0.15, -0.1) is 0 Å². The van der Waals surface area contributed by atoms with Crippen LogP contribution < -0.4 is 5.56 Å². The van der Waals surface area contributed by atoms with E-state index in [-0.39, 0.29) is 5.56 Å². The maximum Gasteiger partial charge on any atom is 0.256 e. The third-order valence-electron chi connectivity index (χ3n) is 3.52. The minimum Gasteiger partial charge on any atom is -0.335 e. The Kier molecular flexibility index (Phi) is 4.12. The SMILES string of the molecule is O=c1[nH]c(=S)[nH]c2c1CN(Cc1c(Cl)cncc1Cl)CC2. The molecular formula is C13H12Cl2N4OS. The summed E-state index contributed by atoms with van der Waals surface area (Å²) in [6, 6.07) is 0. The first-order valence-electron chi connectivity index (χ1n) is 6.39. The number of H-pyrrole nitrogens is 2. The van der Waals surface area contributed by atoms with Gasteiger partial charge in [-0.3, -0.25) is 19.7 Å². The Hall–Kier alpha value is -1.21. The molecule has 0 spiro atoms. The van der Waals surface area contributed by atoms with E-state index in [9.17, 15) is 4.79 Å². The number of pyridine rings is 1. The molecule has 0 atom stereocenters. The highest BCUT2D eigenvalue weighted by Gasteiger charge is 2.21. The van der Waals surface area contributed by atoms with Crippen LogP contribution >= 0.6 is 35.4 Å². The first kappa shape index (κ1) is 14.7. The highest BCUT2D eigenvalue weighted by atomic mass is 35.5. The summed E-state index contributed by atoms with van der Waals surface area (Å²) in [6.45, 7) is 1.91. The number of rotatable bonds is 2. The Morgan fingerprint density at radius 2 is 2.00 bits per heavy atom. The van der Waals surface area contributed by atoms with E-state index in [0.717, 1.165) is 29.8 Å². The lowest BCUT2D eigenvalue weighted by Gasteiger charge is -2.28. The molecule has 0 fully saturated rings. The van der Waals surface area contributed by atoms with Crippen molar-refractivity contribution < 1.29 is 0 Å². The quantitative estimate of drug-likeness (QED) is 0.823. The Labute approximate surface area is 135 Å². The lowest BCUT2D eigenvalue weighted by atomic mass is 10.1. The minimum absolute atomic E-state index is 0.134. The van der Waals surface area contributed by atoms with Gasteiger partial charge in [-0.05, 0) is 12.2 Å². The van der Waals surface area contributed by atoms with Gasteiger partial charge in [0.25, 0.3) is 5.56 Å². The number of nitrogens with zero attached hydrogens (tertiary/aromatic N) is 2. The van der Waals surface area contributed by atoms with Gasteiger partial charge in [0.05, 0.1) is 15.6 Å². The molecule has 0 amide bonds. The van der Waals surface area contributed by atoms with Gasteiger partial charge in [0.1, 0.15) is 0 Å². The van der Waals surface area contributed by atoms with Crippen molar-refractivity contribution in [3.63, 3.8) is 0 Å². The third-order valence-corrected chi connectivity index (χ3v) is 4.38. The van der Waals surface area contributed by atoms with Crippen LogP contribution in [0.3, 0.4) is 0 Å². The molecule has 2 aromatic rings. The van der Waals surface area contributed by atoms with Crippen molar-refractivity contribution in [1.82, 2.24) is 19.9 Å². The van der Waals surface area contributed by atoms with Crippen LogP contribution in [0.1, 0.15) is 16.8 Å². The second kappa shape index (κ2) is 5.88. The second-order valence-electron chi connectivity index (χ2n) is 4.91. The number of hydrogen-bond acceptors (Lipinski definition) is 4. The molecule has 21 heavy (non-hydrogen) atoms. The monoisotopic (exact) mass is 342 g/mol. The number of halogens is 2. The van der Waals surface area contributed by atoms with Gasteiger partial charge in [0.15, 0.2) is 4.77 Å². The fourth-order valence-electron chi connectivity index (χ4n) is 2.46. The molecule has 1 aliphatic rings. The van der Waals surface area contributed by atoms with E-state index in [0.29, 0.717) is 27.9 Å². The molecule has 5 nitrogen and oxygen atoms in total. The molecule has 0 aromatic carbocycles. The number of fused-ring (bicyclic) bond motifs is 1. The number of aromatic nitrogens is 3. The first-order chi connectivity index (χ1) is 10.0. The third kappa shape index (κ3) is 3.03. The molecular weight excluding hydrogens is 331 g/mol. The van der Waals surface area contributed by atoms with E-state index < -0.39 is 0 Å². The maximum atomic E-state index is 12.0. The van der Waals surface area contributed by atoms with Crippen LogP contribution in [0.25, 0.3) is 0 Å². The minimum atomic E-state index is -0.134. The summed E-state index contributed by atoms with van der Waals surface area (Å²) in [5.74, 6) is 0. The van der Waals surface area contributed by atoms with Crippen LogP contribution in [-0.2, 0) is 19.5 Å². The van der Waals surface area contributed by atoms with Gasteiger partial charge >= 0.3 is 0 Å². The lowest BCUT2D eigenvalue weighted by molar-refractivity contribution is 0.241. The van der Waals surface area contributed by atoms with E-state index in [4.69, 9.17) is 35.4 Å². The smallest absolute Gasteiger partial charge is 0.256 e. The predicted molar refractivity (Wildman–Crippen MR) is 84.3 cm³/mol. The molecule has 0 radical (unpaired) electrons. The highest BCUT2D eigenvalue weighted by molar-refractivity contribution is 7.71. The van der Waals surface area contributed by atoms with E-state index in [1.165, 1.54) is 0 Å². The number of nitrogens with one attached hydrogen (secondary N) is 2. The average molecular weight is 343 g/mol. The van der Waals surface area contributed by atoms with Crippen molar-refractivity contribution in [2.45, 2.75) is 19.5 Å². The summed E-state index contributed by atoms with van der Waals surface area (Å²) in [4.78, 5) is 23.7. The van der Waals surface area contributed by atoms with Crippen LogP contribution in [0.5, 0.6) is 0 Å². The largest absolute Gasteiger partial charge is 0.335 e. The Morgan fingerprint density at radius 1 is 1.29 bits per heavy atom. The fraction of sp³-hybridized carbons (Fsp3) is 0.308. The molecule has 3 heterocycles. The molecule has 3 rings (SSSR count). The van der Waals surface area contributed by atoms with Crippen LogP contribution in [0.4, 0.5) is 0 Å². The molecule has 0 aliphatic carbocycles. The Bertz CT molecular complexity index is 781. The van der Waals surface area contributed by atoms with Crippen LogP contribution in [-0.4, -0.2) is 26.4 Å². The van der Waals surface area contributed by atoms with Crippen molar-refractivity contribution in [2.75, 3.05) is 6.54 Å². The molecule has 2 N–H and O–H groups in total. The van der Waals surface area contributed by atoms with Gasteiger partial charge in [0.2, 0.25) is 0 Å². The summed E-state index contributed by atoms with van der Waals surface area (Å²) in [5, 5.41) is 1.07. The van der Waals surface area contributed by atoms with E-state index in [1.807, 2.05) is 0 Å². The van der Waals surface area contributed by atoms with E-state index in [1.54, 1.807) is 12.4 Å². The van der Waals surface area contributed by atoms with Crippen molar-refractivity contribution in [3.05, 3.63) is 54.4 Å². The van der Waals surface area contributed by atoms with Crippen LogP contribution in [0.15, 0.2) is 17.2 Å². The molecule has 0 bridgehead atoms. The van der Waals surface area contributed by atoms with Gasteiger partial charge in [0, 0.05) is 49.7 Å². The summed E-state index contributed by atoms with van der Waals surface area (Å²) in [7, 11) is 0. The lowest BCUT2D eigenvalue weighted by Crippen LogP contribution is -2.35. The second-order valence-corrected chi connectivity index (χ2v) is 6.13. The van der Waals surface area contributed by atoms with Crippen molar-refractivity contribution in [2.24, 2.45) is 0 Å². The fourth-order valence-corrected chi connectivity index (χ4v) is 3.16. The van der Waals surface area contributed by atoms with Crippen LogP contribution in [0.2, 0.25) is 10.0 Å². The van der Waals surface area contributed by atoms with Gasteiger partial charge in [-0.1, -0.05) is 23.2 Å². The highest BCUT2D eigenvalue weighted by Crippen LogP contribution is 2.26. The van der Waals surface area contributed by atoms with Crippen molar-refractivity contribution >= 4 is 35.4 Å². The molecule has 0 saturated carbocycles. The van der Waals surface area contributed by atoms with E-state index >= 15 is 0 Å². The number of hydrogen-bond donors (Lipinski definition) is 2. The number of aromatic amines is 2. The first-order valence-corrected chi connectivity index (χ1v) is 7.55. The zero-order chi connectivity index (χ0) is 15.0. The summed E-state index contributed by atoms with van der Waals surface area (Å²) in [6.07, 6.45) is 3.89. The molecule has 2 aromatic heterocycles.